The third-order valence-corrected chi connectivity index (χ3v) is 3.46. The molecule has 0 heterocycles. The summed E-state index contributed by atoms with van der Waals surface area (Å²) in [6.45, 7) is -0.112. The number of benzene rings is 2. The summed E-state index contributed by atoms with van der Waals surface area (Å²) in [5, 5.41) is 18.3. The Kier molecular flexibility index (Phi) is 2.98. The second kappa shape index (κ2) is 4.79. The quantitative estimate of drug-likeness (QED) is 0.705. The van der Waals surface area contributed by atoms with E-state index < -0.39 is 0 Å². The molecule has 2 aromatic carbocycles. The minimum atomic E-state index is -0.112. The molecule has 0 atom stereocenters. The molecule has 0 unspecified atom stereocenters. The summed E-state index contributed by atoms with van der Waals surface area (Å²) in [4.78, 5) is 0. The van der Waals surface area contributed by atoms with Crippen LogP contribution in [0.2, 0.25) is 0 Å². The molecule has 0 spiro atoms. The van der Waals surface area contributed by atoms with Gasteiger partial charge in [0.05, 0.1) is 0 Å². The molecule has 2 N–H and O–H groups in total. The van der Waals surface area contributed by atoms with Crippen molar-refractivity contribution in [3.63, 3.8) is 0 Å². The van der Waals surface area contributed by atoms with E-state index >= 15 is 0 Å². The molecule has 19 heavy (non-hydrogen) atoms. The molecule has 2 nitrogen and oxygen atoms in total. The standard InChI is InChI=1S/C17H14O2/c18-9-1-2-12-3-7-16-13(10-12)4-5-14-11-15(19)6-8-17(14)16/h3,6-8,10-11,18-19H,4-5,9H2. The molecule has 0 fully saturated rings. The lowest BCUT2D eigenvalue weighted by atomic mass is 9.85. The van der Waals surface area contributed by atoms with Gasteiger partial charge in [0, 0.05) is 5.56 Å². The average Bonchev–Trinajstić information content (AvgIpc) is 2.44. The Morgan fingerprint density at radius 2 is 1.63 bits per heavy atom. The summed E-state index contributed by atoms with van der Waals surface area (Å²) >= 11 is 0. The van der Waals surface area contributed by atoms with E-state index in [-0.39, 0.29) is 6.61 Å². The van der Waals surface area contributed by atoms with Crippen LogP contribution in [0.15, 0.2) is 36.4 Å². The van der Waals surface area contributed by atoms with Crippen LogP contribution in [0.1, 0.15) is 16.7 Å². The highest BCUT2D eigenvalue weighted by molar-refractivity contribution is 5.74. The van der Waals surface area contributed by atoms with Gasteiger partial charge in [-0.1, -0.05) is 24.0 Å². The molecule has 94 valence electrons. The minimum absolute atomic E-state index is 0.112. The number of hydrogen-bond donors (Lipinski definition) is 2. The second-order valence-electron chi connectivity index (χ2n) is 4.67. The van der Waals surface area contributed by atoms with Gasteiger partial charge in [0.15, 0.2) is 0 Å². The van der Waals surface area contributed by atoms with Crippen molar-refractivity contribution < 1.29 is 10.2 Å². The van der Waals surface area contributed by atoms with Gasteiger partial charge in [-0.3, -0.25) is 0 Å². The number of rotatable bonds is 0. The first-order chi connectivity index (χ1) is 9.28. The lowest BCUT2D eigenvalue weighted by molar-refractivity contribution is 0.350. The van der Waals surface area contributed by atoms with Gasteiger partial charge >= 0.3 is 0 Å². The predicted molar refractivity (Wildman–Crippen MR) is 74.9 cm³/mol. The van der Waals surface area contributed by atoms with Gasteiger partial charge in [-0.2, -0.15) is 0 Å². The van der Waals surface area contributed by atoms with Gasteiger partial charge in [0.1, 0.15) is 12.4 Å². The first-order valence-electron chi connectivity index (χ1n) is 6.33. The first kappa shape index (κ1) is 11.8. The van der Waals surface area contributed by atoms with Crippen LogP contribution in [0, 0.1) is 11.8 Å². The molecule has 0 saturated heterocycles. The fourth-order valence-electron chi connectivity index (χ4n) is 2.60. The highest BCUT2D eigenvalue weighted by atomic mass is 16.3. The predicted octanol–water partition coefficient (Wildman–Crippen LogP) is 2.50. The van der Waals surface area contributed by atoms with Crippen LogP contribution in [-0.2, 0) is 12.8 Å². The van der Waals surface area contributed by atoms with Gasteiger partial charge in [-0.15, -0.1) is 0 Å². The highest BCUT2D eigenvalue weighted by Crippen LogP contribution is 2.35. The molecule has 0 saturated carbocycles. The van der Waals surface area contributed by atoms with Crippen LogP contribution in [0.25, 0.3) is 11.1 Å². The van der Waals surface area contributed by atoms with Gasteiger partial charge in [-0.25, -0.2) is 0 Å². The molecule has 1 aliphatic carbocycles. The van der Waals surface area contributed by atoms with Crippen molar-refractivity contribution in [1.29, 1.82) is 0 Å². The lowest BCUT2D eigenvalue weighted by Crippen LogP contribution is -2.04. The Morgan fingerprint density at radius 3 is 2.37 bits per heavy atom. The van der Waals surface area contributed by atoms with Gasteiger partial charge in [0.2, 0.25) is 0 Å². The Morgan fingerprint density at radius 1 is 0.947 bits per heavy atom. The summed E-state index contributed by atoms with van der Waals surface area (Å²) in [7, 11) is 0. The van der Waals surface area contributed by atoms with Gasteiger partial charge < -0.3 is 10.2 Å². The van der Waals surface area contributed by atoms with E-state index in [1.807, 2.05) is 18.2 Å². The maximum absolute atomic E-state index is 9.54. The molecule has 0 radical (unpaired) electrons. The Hall–Kier alpha value is -2.24. The van der Waals surface area contributed by atoms with E-state index in [2.05, 4.69) is 24.0 Å². The largest absolute Gasteiger partial charge is 0.508 e. The maximum atomic E-state index is 9.54. The molecular formula is C17H14O2. The fraction of sp³-hybridized carbons (Fsp3) is 0.176. The first-order valence-corrected chi connectivity index (χ1v) is 6.33. The number of hydrogen-bond acceptors (Lipinski definition) is 2. The Labute approximate surface area is 112 Å². The zero-order chi connectivity index (χ0) is 13.2. The number of aliphatic hydroxyl groups is 1. The number of phenolic OH excluding ortho intramolecular Hbond substituents is 1. The smallest absolute Gasteiger partial charge is 0.115 e. The zero-order valence-corrected chi connectivity index (χ0v) is 10.5. The van der Waals surface area contributed by atoms with Crippen LogP contribution in [0.3, 0.4) is 0 Å². The van der Waals surface area contributed by atoms with E-state index in [0.29, 0.717) is 5.75 Å². The normalized spacial score (nSPS) is 12.1. The van der Waals surface area contributed by atoms with Gasteiger partial charge in [0.25, 0.3) is 0 Å². The molecule has 0 bridgehead atoms. The minimum Gasteiger partial charge on any atom is -0.508 e. The SMILES string of the molecule is OCC#Cc1ccc2c(c1)CCc1cc(O)ccc1-2. The topological polar surface area (TPSA) is 40.5 Å². The second-order valence-corrected chi connectivity index (χ2v) is 4.67. The maximum Gasteiger partial charge on any atom is 0.115 e. The monoisotopic (exact) mass is 250 g/mol. The molecule has 3 rings (SSSR count). The summed E-state index contributed by atoms with van der Waals surface area (Å²) in [5.41, 5.74) is 5.83. The molecule has 0 aliphatic heterocycles. The van der Waals surface area contributed by atoms with Crippen LogP contribution >= 0.6 is 0 Å². The Balaban J connectivity index is 2.08. The van der Waals surface area contributed by atoms with Crippen molar-refractivity contribution >= 4 is 0 Å². The van der Waals surface area contributed by atoms with E-state index in [1.54, 1.807) is 6.07 Å². The summed E-state index contributed by atoms with van der Waals surface area (Å²) in [6.07, 6.45) is 1.90. The van der Waals surface area contributed by atoms with Crippen molar-refractivity contribution in [2.24, 2.45) is 0 Å². The highest BCUT2D eigenvalue weighted by Gasteiger charge is 2.16. The molecule has 2 heteroatoms. The number of aryl methyl sites for hydroxylation is 2. The average molecular weight is 250 g/mol. The lowest BCUT2D eigenvalue weighted by Gasteiger charge is -2.20. The van der Waals surface area contributed by atoms with Crippen molar-refractivity contribution in [3.8, 4) is 28.7 Å². The number of aromatic hydroxyl groups is 1. The fourth-order valence-corrected chi connectivity index (χ4v) is 2.60. The third kappa shape index (κ3) is 2.21. The molecule has 2 aromatic rings. The van der Waals surface area contributed by atoms with Crippen molar-refractivity contribution in [3.05, 3.63) is 53.1 Å². The van der Waals surface area contributed by atoms with E-state index in [4.69, 9.17) is 5.11 Å². The van der Waals surface area contributed by atoms with Crippen molar-refractivity contribution in [2.45, 2.75) is 12.8 Å². The van der Waals surface area contributed by atoms with Crippen LogP contribution in [0.5, 0.6) is 5.75 Å². The number of fused-ring (bicyclic) bond motifs is 3. The summed E-state index contributed by atoms with van der Waals surface area (Å²) in [6, 6.07) is 11.7. The molecular weight excluding hydrogens is 236 g/mol. The van der Waals surface area contributed by atoms with Gasteiger partial charge in [-0.05, 0) is 59.4 Å². The summed E-state index contributed by atoms with van der Waals surface area (Å²) in [5.74, 6) is 5.93. The van der Waals surface area contributed by atoms with E-state index in [0.717, 1.165) is 18.4 Å². The van der Waals surface area contributed by atoms with Crippen LogP contribution in [0.4, 0.5) is 0 Å². The van der Waals surface area contributed by atoms with Crippen molar-refractivity contribution in [1.82, 2.24) is 0 Å². The van der Waals surface area contributed by atoms with E-state index in [9.17, 15) is 5.11 Å². The van der Waals surface area contributed by atoms with Crippen LogP contribution < -0.4 is 0 Å². The van der Waals surface area contributed by atoms with Crippen molar-refractivity contribution in [2.75, 3.05) is 6.61 Å². The molecule has 1 aliphatic rings. The number of phenols is 1. The Bertz CT molecular complexity index is 690. The zero-order valence-electron chi connectivity index (χ0n) is 10.5. The van der Waals surface area contributed by atoms with E-state index in [1.165, 1.54) is 22.3 Å². The summed E-state index contributed by atoms with van der Waals surface area (Å²) < 4.78 is 0. The number of aliphatic hydroxyl groups excluding tert-OH is 1. The molecule has 0 amide bonds. The molecule has 0 aromatic heterocycles. The third-order valence-electron chi connectivity index (χ3n) is 3.46. The van der Waals surface area contributed by atoms with Crippen LogP contribution in [-0.4, -0.2) is 16.8 Å².